The maximum atomic E-state index is 12.2. The second-order valence-electron chi connectivity index (χ2n) is 6.02. The van der Waals surface area contributed by atoms with Crippen LogP contribution >= 0.6 is 0 Å². The van der Waals surface area contributed by atoms with Crippen molar-refractivity contribution in [3.63, 3.8) is 0 Å². The second-order valence-corrected chi connectivity index (χ2v) is 6.02. The Morgan fingerprint density at radius 1 is 1.24 bits per heavy atom. The fourth-order valence-electron chi connectivity index (χ4n) is 2.54. The van der Waals surface area contributed by atoms with E-state index in [2.05, 4.69) is 21.4 Å². The zero-order chi connectivity index (χ0) is 17.5. The molecule has 0 aliphatic carbocycles. The number of aryl methyl sites for hydroxylation is 1. The van der Waals surface area contributed by atoms with Crippen LogP contribution in [0.1, 0.15) is 17.5 Å². The molecule has 1 N–H and O–H groups in total. The minimum Gasteiger partial charge on any atom is -0.445 e. The van der Waals surface area contributed by atoms with E-state index in [4.69, 9.17) is 4.74 Å². The smallest absolute Gasteiger partial charge is 0.410 e. The first-order valence-corrected chi connectivity index (χ1v) is 8.37. The van der Waals surface area contributed by atoms with Gasteiger partial charge in [0, 0.05) is 32.0 Å². The van der Waals surface area contributed by atoms with E-state index in [1.807, 2.05) is 31.2 Å². The Kier molecular flexibility index (Phi) is 5.61. The van der Waals surface area contributed by atoms with Crippen LogP contribution in [0.5, 0.6) is 0 Å². The topological polar surface area (TPSA) is 67.3 Å². The lowest BCUT2D eigenvalue weighted by atomic mass is 10.1. The van der Waals surface area contributed by atoms with Gasteiger partial charge in [-0.15, -0.1) is 0 Å². The summed E-state index contributed by atoms with van der Waals surface area (Å²) in [5.41, 5.74) is 3.44. The van der Waals surface area contributed by atoms with Gasteiger partial charge < -0.3 is 15.0 Å². The summed E-state index contributed by atoms with van der Waals surface area (Å²) in [5, 5.41) is 3.18. The number of hydrogen-bond acceptors (Lipinski definition) is 5. The Morgan fingerprint density at radius 2 is 2.00 bits per heavy atom. The Labute approximate surface area is 147 Å². The molecule has 1 aliphatic rings. The molecule has 0 bridgehead atoms. The van der Waals surface area contributed by atoms with Crippen LogP contribution in [0.25, 0.3) is 0 Å². The molecule has 0 saturated heterocycles. The number of anilines is 1. The first-order valence-electron chi connectivity index (χ1n) is 8.37. The average molecular weight is 338 g/mol. The molecular weight excluding hydrogens is 316 g/mol. The standard InChI is InChI=1S/C19H22N4O2/c1-15-3-5-17(6-4-15)14-25-19(24)23-11-7-16(8-12-23)13-22-18-20-9-2-10-21-18/h2-7,9-10H,8,11-14H2,1H3,(H,20,21,22). The molecule has 2 aromatic rings. The summed E-state index contributed by atoms with van der Waals surface area (Å²) >= 11 is 0. The minimum absolute atomic E-state index is 0.268. The number of rotatable bonds is 5. The van der Waals surface area contributed by atoms with Crippen molar-refractivity contribution < 1.29 is 9.53 Å². The van der Waals surface area contributed by atoms with Crippen LogP contribution in [0.3, 0.4) is 0 Å². The molecule has 1 aromatic carbocycles. The van der Waals surface area contributed by atoms with Crippen LogP contribution in [-0.2, 0) is 11.3 Å². The first-order chi connectivity index (χ1) is 12.2. The summed E-state index contributed by atoms with van der Waals surface area (Å²) in [4.78, 5) is 22.1. The average Bonchev–Trinajstić information content (AvgIpc) is 2.67. The molecule has 0 unspecified atom stereocenters. The van der Waals surface area contributed by atoms with E-state index >= 15 is 0 Å². The highest BCUT2D eigenvalue weighted by molar-refractivity contribution is 5.68. The molecule has 2 heterocycles. The van der Waals surface area contributed by atoms with Gasteiger partial charge in [0.1, 0.15) is 6.61 Å². The van der Waals surface area contributed by atoms with Crippen molar-refractivity contribution in [1.29, 1.82) is 0 Å². The first kappa shape index (κ1) is 17.0. The van der Waals surface area contributed by atoms with Crippen LogP contribution < -0.4 is 5.32 Å². The van der Waals surface area contributed by atoms with Crippen molar-refractivity contribution in [2.75, 3.05) is 25.0 Å². The van der Waals surface area contributed by atoms with Crippen molar-refractivity contribution in [3.05, 3.63) is 65.5 Å². The van der Waals surface area contributed by atoms with E-state index in [1.165, 1.54) is 11.1 Å². The Morgan fingerprint density at radius 3 is 2.68 bits per heavy atom. The van der Waals surface area contributed by atoms with Gasteiger partial charge >= 0.3 is 6.09 Å². The van der Waals surface area contributed by atoms with E-state index in [-0.39, 0.29) is 6.09 Å². The van der Waals surface area contributed by atoms with Gasteiger partial charge in [-0.1, -0.05) is 41.5 Å². The van der Waals surface area contributed by atoms with Crippen molar-refractivity contribution in [1.82, 2.24) is 14.9 Å². The van der Waals surface area contributed by atoms with Gasteiger partial charge in [0.15, 0.2) is 0 Å². The van der Waals surface area contributed by atoms with Crippen LogP contribution in [-0.4, -0.2) is 40.6 Å². The van der Waals surface area contributed by atoms with Gasteiger partial charge in [0.25, 0.3) is 0 Å². The number of nitrogens with zero attached hydrogens (tertiary/aromatic N) is 3. The fourth-order valence-corrected chi connectivity index (χ4v) is 2.54. The molecule has 1 amide bonds. The molecule has 130 valence electrons. The summed E-state index contributed by atoms with van der Waals surface area (Å²) in [6.07, 6.45) is 6.02. The monoisotopic (exact) mass is 338 g/mol. The number of hydrogen-bond donors (Lipinski definition) is 1. The van der Waals surface area contributed by atoms with Gasteiger partial charge in [0.2, 0.25) is 5.95 Å². The highest BCUT2D eigenvalue weighted by Gasteiger charge is 2.18. The number of aromatic nitrogens is 2. The molecular formula is C19H22N4O2. The number of nitrogens with one attached hydrogen (secondary N) is 1. The summed E-state index contributed by atoms with van der Waals surface area (Å²) in [6, 6.07) is 9.78. The third kappa shape index (κ3) is 5.04. The minimum atomic E-state index is -0.268. The molecule has 1 aliphatic heterocycles. The fraction of sp³-hybridized carbons (Fsp3) is 0.316. The lowest BCUT2D eigenvalue weighted by molar-refractivity contribution is 0.0989. The lowest BCUT2D eigenvalue weighted by Crippen LogP contribution is -2.36. The molecule has 25 heavy (non-hydrogen) atoms. The quantitative estimate of drug-likeness (QED) is 0.848. The maximum Gasteiger partial charge on any atom is 0.410 e. The predicted octanol–water partition coefficient (Wildman–Crippen LogP) is 3.17. The van der Waals surface area contributed by atoms with E-state index in [9.17, 15) is 4.79 Å². The van der Waals surface area contributed by atoms with Gasteiger partial charge in [-0.05, 0) is 25.0 Å². The SMILES string of the molecule is Cc1ccc(COC(=O)N2CC=C(CNc3ncccn3)CC2)cc1. The Hall–Kier alpha value is -2.89. The van der Waals surface area contributed by atoms with Crippen LogP contribution in [0.2, 0.25) is 0 Å². The third-order valence-corrected chi connectivity index (χ3v) is 4.08. The number of carbonyl (C=O) groups excluding carboxylic acids is 1. The molecule has 0 spiro atoms. The van der Waals surface area contributed by atoms with E-state index < -0.39 is 0 Å². The third-order valence-electron chi connectivity index (χ3n) is 4.08. The maximum absolute atomic E-state index is 12.2. The van der Waals surface area contributed by atoms with Crippen LogP contribution in [0.4, 0.5) is 10.7 Å². The predicted molar refractivity (Wildman–Crippen MR) is 96.2 cm³/mol. The molecule has 0 radical (unpaired) electrons. The van der Waals surface area contributed by atoms with Crippen LogP contribution in [0, 0.1) is 6.92 Å². The Bertz CT molecular complexity index is 729. The molecule has 6 nitrogen and oxygen atoms in total. The van der Waals surface area contributed by atoms with Gasteiger partial charge in [-0.3, -0.25) is 0 Å². The summed E-state index contributed by atoms with van der Waals surface area (Å²) in [7, 11) is 0. The normalized spacial score (nSPS) is 14.0. The number of ether oxygens (including phenoxy) is 1. The molecule has 3 rings (SSSR count). The van der Waals surface area contributed by atoms with Gasteiger partial charge in [-0.2, -0.15) is 0 Å². The lowest BCUT2D eigenvalue weighted by Gasteiger charge is -2.26. The van der Waals surface area contributed by atoms with Gasteiger partial charge in [0.05, 0.1) is 0 Å². The van der Waals surface area contributed by atoms with Crippen molar-refractivity contribution in [2.24, 2.45) is 0 Å². The number of benzene rings is 1. The van der Waals surface area contributed by atoms with Crippen molar-refractivity contribution >= 4 is 12.0 Å². The van der Waals surface area contributed by atoms with Crippen LogP contribution in [0.15, 0.2) is 54.4 Å². The molecule has 6 heteroatoms. The highest BCUT2D eigenvalue weighted by atomic mass is 16.6. The van der Waals surface area contributed by atoms with Gasteiger partial charge in [-0.25, -0.2) is 14.8 Å². The van der Waals surface area contributed by atoms with E-state index in [1.54, 1.807) is 23.4 Å². The summed E-state index contributed by atoms with van der Waals surface area (Å²) < 4.78 is 5.39. The summed E-state index contributed by atoms with van der Waals surface area (Å²) in [6.45, 7) is 4.26. The molecule has 0 saturated carbocycles. The summed E-state index contributed by atoms with van der Waals surface area (Å²) in [5.74, 6) is 0.614. The second kappa shape index (κ2) is 8.28. The molecule has 0 atom stereocenters. The van der Waals surface area contributed by atoms with Crippen molar-refractivity contribution in [3.8, 4) is 0 Å². The zero-order valence-corrected chi connectivity index (χ0v) is 14.3. The zero-order valence-electron chi connectivity index (χ0n) is 14.3. The number of carbonyl (C=O) groups is 1. The largest absolute Gasteiger partial charge is 0.445 e. The van der Waals surface area contributed by atoms with E-state index in [0.717, 1.165) is 12.0 Å². The van der Waals surface area contributed by atoms with Crippen molar-refractivity contribution in [2.45, 2.75) is 20.0 Å². The number of amides is 1. The molecule has 0 fully saturated rings. The molecule has 1 aromatic heterocycles. The van der Waals surface area contributed by atoms with E-state index in [0.29, 0.717) is 32.2 Å². The Balaban J connectivity index is 1.43. The highest BCUT2D eigenvalue weighted by Crippen LogP contribution is 2.13.